The fourth-order valence-electron chi connectivity index (χ4n) is 3.02. The predicted molar refractivity (Wildman–Crippen MR) is 108 cm³/mol. The van der Waals surface area contributed by atoms with Gasteiger partial charge in [0, 0.05) is 19.2 Å². The highest BCUT2D eigenvalue weighted by atomic mass is 35.5. The Balaban J connectivity index is 1.52. The molecular weight excluding hydrogens is 412 g/mol. The maximum absolute atomic E-state index is 12.8. The first-order valence-corrected chi connectivity index (χ1v) is 9.33. The van der Waals surface area contributed by atoms with Crippen LogP contribution >= 0.6 is 11.6 Å². The number of hydrogen-bond acceptors (Lipinski definition) is 8. The van der Waals surface area contributed by atoms with Crippen LogP contribution in [0, 0.1) is 0 Å². The van der Waals surface area contributed by atoms with Crippen LogP contribution in [-0.2, 0) is 4.79 Å². The van der Waals surface area contributed by atoms with E-state index in [1.54, 1.807) is 18.2 Å². The molecule has 0 saturated carbocycles. The lowest BCUT2D eigenvalue weighted by Crippen LogP contribution is -2.48. The number of carbonyl (C=O) groups excluding carboxylic acids is 2. The maximum atomic E-state index is 12.8. The van der Waals surface area contributed by atoms with E-state index in [2.05, 4.69) is 31.1 Å². The van der Waals surface area contributed by atoms with Crippen molar-refractivity contribution in [3.63, 3.8) is 0 Å². The second-order valence-electron chi connectivity index (χ2n) is 6.39. The van der Waals surface area contributed by atoms with Crippen LogP contribution in [-0.4, -0.2) is 63.7 Å². The van der Waals surface area contributed by atoms with Crippen molar-refractivity contribution >= 4 is 34.9 Å². The van der Waals surface area contributed by atoms with E-state index in [0.29, 0.717) is 36.0 Å². The summed E-state index contributed by atoms with van der Waals surface area (Å²) in [6.07, 6.45) is 2.92. The Morgan fingerprint density at radius 3 is 2.87 bits per heavy atom. The van der Waals surface area contributed by atoms with Gasteiger partial charge in [-0.2, -0.15) is 4.68 Å². The van der Waals surface area contributed by atoms with E-state index >= 15 is 0 Å². The standard InChI is InChI=1S/C18H17ClN8O3/c1-30-15-7-14(27-10-22-24-25-27)13(19)6-12(15)18(29)23-11-2-3-16(21-8-11)26-5-4-20-17(28)9-26/h2-3,6-8,10H,4-5,9H2,1H3,(H,20,28)(H,23,29). The number of methoxy groups -OCH3 is 1. The summed E-state index contributed by atoms with van der Waals surface area (Å²) in [6.45, 7) is 1.50. The molecule has 4 rings (SSSR count). The van der Waals surface area contributed by atoms with Crippen LogP contribution in [0.15, 0.2) is 36.8 Å². The molecule has 154 valence electrons. The summed E-state index contributed by atoms with van der Waals surface area (Å²) in [5, 5.41) is 16.8. The van der Waals surface area contributed by atoms with Crippen molar-refractivity contribution in [1.29, 1.82) is 0 Å². The summed E-state index contributed by atoms with van der Waals surface area (Å²) in [4.78, 5) is 30.5. The SMILES string of the molecule is COc1cc(-n2cnnn2)c(Cl)cc1C(=O)Nc1ccc(N2CCNC(=O)C2)nc1. The lowest BCUT2D eigenvalue weighted by atomic mass is 10.1. The minimum Gasteiger partial charge on any atom is -0.496 e. The molecule has 0 aliphatic carbocycles. The van der Waals surface area contributed by atoms with Crippen molar-refractivity contribution in [3.05, 3.63) is 47.4 Å². The number of tetrazole rings is 1. The second-order valence-corrected chi connectivity index (χ2v) is 6.80. The highest BCUT2D eigenvalue weighted by molar-refractivity contribution is 6.33. The molecule has 12 heteroatoms. The van der Waals surface area contributed by atoms with Crippen LogP contribution in [0.25, 0.3) is 5.69 Å². The predicted octanol–water partition coefficient (Wildman–Crippen LogP) is 0.908. The molecule has 1 saturated heterocycles. The van der Waals surface area contributed by atoms with Gasteiger partial charge in [0.25, 0.3) is 5.91 Å². The largest absolute Gasteiger partial charge is 0.496 e. The van der Waals surface area contributed by atoms with Gasteiger partial charge >= 0.3 is 0 Å². The summed E-state index contributed by atoms with van der Waals surface area (Å²) in [5.41, 5.74) is 1.22. The van der Waals surface area contributed by atoms with Gasteiger partial charge in [-0.1, -0.05) is 11.6 Å². The van der Waals surface area contributed by atoms with Gasteiger partial charge in [-0.3, -0.25) is 9.59 Å². The summed E-state index contributed by atoms with van der Waals surface area (Å²) >= 11 is 6.31. The monoisotopic (exact) mass is 428 g/mol. The minimum absolute atomic E-state index is 0.0467. The fraction of sp³-hybridized carbons (Fsp3) is 0.222. The molecule has 0 atom stereocenters. The van der Waals surface area contributed by atoms with E-state index in [1.165, 1.54) is 30.4 Å². The number of nitrogens with one attached hydrogen (secondary N) is 2. The molecule has 1 aliphatic heterocycles. The lowest BCUT2D eigenvalue weighted by Gasteiger charge is -2.27. The number of benzene rings is 1. The van der Waals surface area contributed by atoms with Gasteiger partial charge in [0.05, 0.1) is 41.8 Å². The van der Waals surface area contributed by atoms with Crippen molar-refractivity contribution in [3.8, 4) is 11.4 Å². The van der Waals surface area contributed by atoms with E-state index in [-0.39, 0.29) is 23.0 Å². The third-order valence-electron chi connectivity index (χ3n) is 4.48. The van der Waals surface area contributed by atoms with Gasteiger partial charge in [0.2, 0.25) is 5.91 Å². The van der Waals surface area contributed by atoms with Crippen molar-refractivity contribution in [1.82, 2.24) is 30.5 Å². The number of anilines is 2. The first-order chi connectivity index (χ1) is 14.5. The van der Waals surface area contributed by atoms with Crippen LogP contribution in [0.2, 0.25) is 5.02 Å². The zero-order chi connectivity index (χ0) is 21.1. The Kier molecular flexibility index (Phi) is 5.44. The Hall–Kier alpha value is -3.73. The molecule has 0 unspecified atom stereocenters. The number of hydrogen-bond donors (Lipinski definition) is 2. The number of pyridine rings is 1. The van der Waals surface area contributed by atoms with E-state index in [1.807, 2.05) is 4.90 Å². The smallest absolute Gasteiger partial charge is 0.259 e. The molecular formula is C18H17ClN8O3. The number of rotatable bonds is 5. The fourth-order valence-corrected chi connectivity index (χ4v) is 3.27. The molecule has 3 aromatic rings. The van der Waals surface area contributed by atoms with Gasteiger partial charge in [-0.25, -0.2) is 4.98 Å². The van der Waals surface area contributed by atoms with Crippen LogP contribution < -0.4 is 20.3 Å². The molecule has 0 bridgehead atoms. The van der Waals surface area contributed by atoms with E-state index in [9.17, 15) is 9.59 Å². The van der Waals surface area contributed by atoms with Crippen molar-refractivity contribution in [2.24, 2.45) is 0 Å². The minimum atomic E-state index is -0.413. The van der Waals surface area contributed by atoms with E-state index in [4.69, 9.17) is 16.3 Å². The second kappa shape index (κ2) is 8.33. The molecule has 2 N–H and O–H groups in total. The summed E-state index contributed by atoms with van der Waals surface area (Å²) in [6, 6.07) is 6.53. The summed E-state index contributed by atoms with van der Waals surface area (Å²) in [7, 11) is 1.45. The molecule has 1 aliphatic rings. The molecule has 2 aromatic heterocycles. The number of ether oxygens (including phenoxy) is 1. The molecule has 0 radical (unpaired) electrons. The molecule has 30 heavy (non-hydrogen) atoms. The molecule has 2 amide bonds. The van der Waals surface area contributed by atoms with Crippen molar-refractivity contribution in [2.45, 2.75) is 0 Å². The number of halogens is 1. The zero-order valence-electron chi connectivity index (χ0n) is 15.9. The first-order valence-electron chi connectivity index (χ1n) is 8.95. The number of carbonyl (C=O) groups is 2. The number of piperazine rings is 1. The average molecular weight is 429 g/mol. The van der Waals surface area contributed by atoms with Crippen LogP contribution in [0.4, 0.5) is 11.5 Å². The van der Waals surface area contributed by atoms with Gasteiger partial charge in [0.15, 0.2) is 0 Å². The van der Waals surface area contributed by atoms with Crippen LogP contribution in [0.5, 0.6) is 5.75 Å². The Morgan fingerprint density at radius 2 is 2.20 bits per heavy atom. The van der Waals surface area contributed by atoms with Crippen molar-refractivity contribution < 1.29 is 14.3 Å². The Labute approximate surface area is 176 Å². The number of aromatic nitrogens is 5. The van der Waals surface area contributed by atoms with Crippen molar-refractivity contribution in [2.75, 3.05) is 37.0 Å². The van der Waals surface area contributed by atoms with Gasteiger partial charge in [-0.15, -0.1) is 5.10 Å². The molecule has 11 nitrogen and oxygen atoms in total. The van der Waals surface area contributed by atoms with Gasteiger partial charge in [0.1, 0.15) is 17.9 Å². The Morgan fingerprint density at radius 1 is 1.33 bits per heavy atom. The van der Waals surface area contributed by atoms with Crippen LogP contribution in [0.3, 0.4) is 0 Å². The third-order valence-corrected chi connectivity index (χ3v) is 4.78. The third kappa shape index (κ3) is 4.01. The Bertz CT molecular complexity index is 1070. The first kappa shape index (κ1) is 19.6. The quantitative estimate of drug-likeness (QED) is 0.613. The molecule has 1 fully saturated rings. The number of nitrogens with zero attached hydrogens (tertiary/aromatic N) is 6. The molecule has 3 heterocycles. The van der Waals surface area contributed by atoms with E-state index in [0.717, 1.165) is 0 Å². The normalized spacial score (nSPS) is 13.7. The summed E-state index contributed by atoms with van der Waals surface area (Å²) < 4.78 is 6.72. The summed E-state index contributed by atoms with van der Waals surface area (Å²) in [5.74, 6) is 0.513. The molecule has 0 spiro atoms. The molecule has 1 aromatic carbocycles. The maximum Gasteiger partial charge on any atom is 0.259 e. The van der Waals surface area contributed by atoms with E-state index < -0.39 is 5.91 Å². The average Bonchev–Trinajstić information content (AvgIpc) is 3.28. The van der Waals surface area contributed by atoms with Crippen LogP contribution in [0.1, 0.15) is 10.4 Å². The van der Waals surface area contributed by atoms with Gasteiger partial charge < -0.3 is 20.3 Å². The highest BCUT2D eigenvalue weighted by Crippen LogP contribution is 2.30. The zero-order valence-corrected chi connectivity index (χ0v) is 16.6. The highest BCUT2D eigenvalue weighted by Gasteiger charge is 2.19. The topological polar surface area (TPSA) is 127 Å². The number of amides is 2. The lowest BCUT2D eigenvalue weighted by molar-refractivity contribution is -0.120. The van der Waals surface area contributed by atoms with Gasteiger partial charge in [-0.05, 0) is 28.6 Å².